The second-order valence-electron chi connectivity index (χ2n) is 9.21. The highest BCUT2D eigenvalue weighted by Crippen LogP contribution is 2.36. The molecule has 0 saturated heterocycles. The lowest BCUT2D eigenvalue weighted by Gasteiger charge is -2.24. The Kier molecular flexibility index (Phi) is 10.1. The molecule has 3 rings (SSSR count). The van der Waals surface area contributed by atoms with Crippen LogP contribution in [0.1, 0.15) is 50.8 Å². The van der Waals surface area contributed by atoms with Crippen molar-refractivity contribution in [1.29, 1.82) is 0 Å². The molecule has 0 saturated carbocycles. The van der Waals surface area contributed by atoms with Crippen LogP contribution >= 0.6 is 0 Å². The third-order valence-electron chi connectivity index (χ3n) is 5.31. The van der Waals surface area contributed by atoms with Gasteiger partial charge in [0, 0.05) is 12.0 Å². The van der Waals surface area contributed by atoms with Crippen LogP contribution in [-0.2, 0) is 23.2 Å². The van der Waals surface area contributed by atoms with Gasteiger partial charge in [-0.3, -0.25) is 4.79 Å². The number of ether oxygens (including phenoxy) is 2. The summed E-state index contributed by atoms with van der Waals surface area (Å²) in [7, 11) is 1.57. The highest BCUT2D eigenvalue weighted by molar-refractivity contribution is 5.71. The summed E-state index contributed by atoms with van der Waals surface area (Å²) in [5, 5.41) is 8.81. The number of benzene rings is 3. The van der Waals surface area contributed by atoms with E-state index in [4.69, 9.17) is 14.6 Å². The monoisotopic (exact) mass is 478 g/mol. The predicted octanol–water partition coefficient (Wildman–Crippen LogP) is 7.59. The van der Waals surface area contributed by atoms with Crippen LogP contribution in [0.25, 0.3) is 11.1 Å². The highest BCUT2D eigenvalue weighted by atomic mass is 19.1. The van der Waals surface area contributed by atoms with E-state index in [1.165, 1.54) is 6.07 Å². The molecule has 0 aliphatic rings. The van der Waals surface area contributed by atoms with Gasteiger partial charge in [0.15, 0.2) is 0 Å². The molecule has 3 aromatic carbocycles. The summed E-state index contributed by atoms with van der Waals surface area (Å²) in [5.74, 6) is 0.183. The number of hydrogen-bond donors (Lipinski definition) is 1. The number of hydrogen-bond acceptors (Lipinski definition) is 3. The smallest absolute Gasteiger partial charge is 0.303 e. The summed E-state index contributed by atoms with van der Waals surface area (Å²) >= 11 is 0. The van der Waals surface area contributed by atoms with Crippen molar-refractivity contribution in [2.75, 3.05) is 7.11 Å². The van der Waals surface area contributed by atoms with Gasteiger partial charge in [-0.1, -0.05) is 51.1 Å². The zero-order chi connectivity index (χ0) is 26.0. The van der Waals surface area contributed by atoms with Gasteiger partial charge in [0.2, 0.25) is 0 Å². The highest BCUT2D eigenvalue weighted by Gasteiger charge is 2.21. The lowest BCUT2D eigenvalue weighted by Crippen LogP contribution is -2.13. The molecule has 35 heavy (non-hydrogen) atoms. The van der Waals surface area contributed by atoms with Crippen molar-refractivity contribution >= 4 is 5.97 Å². The van der Waals surface area contributed by atoms with Gasteiger partial charge in [0.1, 0.15) is 23.9 Å². The Bertz CT molecular complexity index is 1130. The first-order valence-corrected chi connectivity index (χ1v) is 11.6. The Balaban J connectivity index is 0.00000137. The first-order valence-electron chi connectivity index (χ1n) is 11.6. The third kappa shape index (κ3) is 8.29. The number of carboxylic acid groups (broad SMARTS) is 1. The maximum atomic E-state index is 14.8. The van der Waals surface area contributed by atoms with E-state index in [9.17, 15) is 9.18 Å². The molecule has 0 atom stereocenters. The lowest BCUT2D eigenvalue weighted by molar-refractivity contribution is -0.136. The predicted molar refractivity (Wildman–Crippen MR) is 140 cm³/mol. The fraction of sp³-hybridized carbons (Fsp3) is 0.300. The van der Waals surface area contributed by atoms with Crippen LogP contribution in [0.2, 0.25) is 0 Å². The Morgan fingerprint density at radius 3 is 2.14 bits per heavy atom. The van der Waals surface area contributed by atoms with Gasteiger partial charge in [-0.25, -0.2) is 4.39 Å². The van der Waals surface area contributed by atoms with Crippen molar-refractivity contribution in [3.63, 3.8) is 0 Å². The van der Waals surface area contributed by atoms with Crippen molar-refractivity contribution in [3.8, 4) is 22.6 Å². The van der Waals surface area contributed by atoms with Crippen molar-refractivity contribution in [2.45, 2.75) is 52.6 Å². The van der Waals surface area contributed by atoms with Crippen LogP contribution in [0.4, 0.5) is 4.39 Å². The van der Waals surface area contributed by atoms with E-state index in [0.29, 0.717) is 30.1 Å². The minimum atomic E-state index is -0.813. The molecule has 0 amide bonds. The molecule has 5 heteroatoms. The summed E-state index contributed by atoms with van der Waals surface area (Å²) in [5.41, 5.74) is 4.06. The van der Waals surface area contributed by atoms with Crippen LogP contribution in [0, 0.1) is 5.82 Å². The topological polar surface area (TPSA) is 55.8 Å². The van der Waals surface area contributed by atoms with Crippen molar-refractivity contribution in [1.82, 2.24) is 0 Å². The Labute approximate surface area is 208 Å². The summed E-state index contributed by atoms with van der Waals surface area (Å²) < 4.78 is 26.0. The number of rotatable bonds is 8. The van der Waals surface area contributed by atoms with E-state index in [2.05, 4.69) is 27.4 Å². The van der Waals surface area contributed by atoms with Crippen LogP contribution in [-0.4, -0.2) is 18.2 Å². The summed E-state index contributed by atoms with van der Waals surface area (Å²) in [6.07, 6.45) is 2.34. The molecule has 186 valence electrons. The number of halogens is 1. The molecular weight excluding hydrogens is 443 g/mol. The van der Waals surface area contributed by atoms with E-state index >= 15 is 0 Å². The van der Waals surface area contributed by atoms with Gasteiger partial charge in [-0.15, -0.1) is 6.58 Å². The molecule has 3 aromatic rings. The number of methoxy groups -OCH3 is 1. The molecule has 0 bridgehead atoms. The van der Waals surface area contributed by atoms with E-state index in [-0.39, 0.29) is 17.7 Å². The number of carboxylic acids is 1. The quantitative estimate of drug-likeness (QED) is 0.339. The first kappa shape index (κ1) is 27.6. The Morgan fingerprint density at radius 2 is 1.57 bits per heavy atom. The summed E-state index contributed by atoms with van der Waals surface area (Å²) in [6, 6.07) is 18.2. The third-order valence-corrected chi connectivity index (χ3v) is 5.31. The van der Waals surface area contributed by atoms with Crippen LogP contribution in [0.5, 0.6) is 11.5 Å². The van der Waals surface area contributed by atoms with Crippen molar-refractivity contribution in [2.24, 2.45) is 0 Å². The molecule has 4 nitrogen and oxygen atoms in total. The van der Waals surface area contributed by atoms with Crippen LogP contribution in [0.3, 0.4) is 0 Å². The van der Waals surface area contributed by atoms with Crippen molar-refractivity contribution < 1.29 is 23.8 Å². The minimum Gasteiger partial charge on any atom is -0.497 e. The number of allylic oxidation sites excluding steroid dienone is 1. The van der Waals surface area contributed by atoms with E-state index in [1.54, 1.807) is 25.3 Å². The second-order valence-corrected chi connectivity index (χ2v) is 9.21. The molecule has 0 heterocycles. The van der Waals surface area contributed by atoms with E-state index in [1.807, 2.05) is 49.4 Å². The van der Waals surface area contributed by atoms with Crippen LogP contribution < -0.4 is 9.47 Å². The van der Waals surface area contributed by atoms with Crippen LogP contribution in [0.15, 0.2) is 73.3 Å². The van der Waals surface area contributed by atoms with Gasteiger partial charge >= 0.3 is 5.97 Å². The number of carbonyl (C=O) groups is 1. The fourth-order valence-corrected chi connectivity index (χ4v) is 3.57. The zero-order valence-corrected chi connectivity index (χ0v) is 21.2. The Hall–Kier alpha value is -3.60. The number of aryl methyl sites for hydroxylation is 1. The molecular formula is C30H35FO4. The molecule has 0 unspecified atom stereocenters. The summed E-state index contributed by atoms with van der Waals surface area (Å²) in [4.78, 5) is 10.7. The maximum absolute atomic E-state index is 14.8. The average molecular weight is 479 g/mol. The van der Waals surface area contributed by atoms with Gasteiger partial charge in [0.05, 0.1) is 7.11 Å². The fourth-order valence-electron chi connectivity index (χ4n) is 3.57. The lowest BCUT2D eigenvalue weighted by atomic mass is 9.81. The van der Waals surface area contributed by atoms with Gasteiger partial charge in [-0.05, 0) is 77.4 Å². The number of aliphatic carboxylic acids is 1. The molecule has 0 aromatic heterocycles. The SMILES string of the molecule is C=CC.COc1ccc(F)c(-c2cc(COc3ccc(CCC(=O)O)cc3)ccc2C(C)(C)C)c1. The first-order chi connectivity index (χ1) is 16.6. The Morgan fingerprint density at radius 1 is 0.971 bits per heavy atom. The van der Waals surface area contributed by atoms with Gasteiger partial charge in [0.25, 0.3) is 0 Å². The maximum Gasteiger partial charge on any atom is 0.303 e. The zero-order valence-electron chi connectivity index (χ0n) is 21.2. The van der Waals surface area contributed by atoms with E-state index < -0.39 is 5.97 Å². The summed E-state index contributed by atoms with van der Waals surface area (Å²) in [6.45, 7) is 11.9. The van der Waals surface area contributed by atoms with E-state index in [0.717, 1.165) is 22.3 Å². The normalized spacial score (nSPS) is 10.7. The molecule has 0 aliphatic carbocycles. The molecule has 0 radical (unpaired) electrons. The minimum absolute atomic E-state index is 0.101. The van der Waals surface area contributed by atoms with Gasteiger partial charge < -0.3 is 14.6 Å². The molecule has 0 fully saturated rings. The van der Waals surface area contributed by atoms with Crippen molar-refractivity contribution in [3.05, 3.63) is 95.8 Å². The van der Waals surface area contributed by atoms with Gasteiger partial charge in [-0.2, -0.15) is 0 Å². The molecule has 0 spiro atoms. The molecule has 1 N–H and O–H groups in total. The largest absolute Gasteiger partial charge is 0.497 e. The average Bonchev–Trinajstić information content (AvgIpc) is 2.82. The molecule has 0 aliphatic heterocycles. The standard InChI is InChI=1S/C27H29FO4.C3H6/c1-27(2,3)24-12-7-19(15-22(24)23-16-21(31-4)11-13-25(23)28)17-32-20-9-5-18(6-10-20)8-14-26(29)30;1-3-2/h5-7,9-13,15-16H,8,14,17H2,1-4H3,(H,29,30);3H,1H2,2H3. The second kappa shape index (κ2) is 12.7.